The third-order valence-electron chi connectivity index (χ3n) is 4.01. The van der Waals surface area contributed by atoms with Crippen LogP contribution in [0.4, 0.5) is 0 Å². The Morgan fingerprint density at radius 1 is 1.23 bits per heavy atom. The van der Waals surface area contributed by atoms with E-state index in [0.717, 1.165) is 13.1 Å². The Morgan fingerprint density at radius 2 is 1.91 bits per heavy atom. The molecule has 2 rings (SSSR count). The van der Waals surface area contributed by atoms with E-state index in [1.54, 1.807) is 28.6 Å². The molecule has 1 atom stereocenters. The maximum atomic E-state index is 12.7. The molecular weight excluding hydrogens is 300 g/mol. The van der Waals surface area contributed by atoms with Crippen molar-refractivity contribution in [1.29, 1.82) is 0 Å². The number of aliphatic hydroxyl groups is 1. The minimum Gasteiger partial charge on any atom is -0.396 e. The lowest BCUT2D eigenvalue weighted by Gasteiger charge is -2.41. The van der Waals surface area contributed by atoms with Gasteiger partial charge in [0.15, 0.2) is 0 Å². The van der Waals surface area contributed by atoms with E-state index in [-0.39, 0.29) is 12.6 Å². The lowest BCUT2D eigenvalue weighted by atomic mass is 10.1. The van der Waals surface area contributed by atoms with Crippen molar-refractivity contribution in [2.75, 3.05) is 32.8 Å². The second-order valence-corrected chi connectivity index (χ2v) is 8.17. The molecule has 5 nitrogen and oxygen atoms in total. The van der Waals surface area contributed by atoms with Crippen LogP contribution in [0.2, 0.25) is 0 Å². The van der Waals surface area contributed by atoms with Crippen LogP contribution in [-0.2, 0) is 10.0 Å². The predicted octanol–water partition coefficient (Wildman–Crippen LogP) is 1.40. The summed E-state index contributed by atoms with van der Waals surface area (Å²) in [4.78, 5) is 2.65. The molecule has 0 spiro atoms. The zero-order valence-corrected chi connectivity index (χ0v) is 14.2. The number of piperazine rings is 1. The van der Waals surface area contributed by atoms with Gasteiger partial charge in [0.2, 0.25) is 10.0 Å². The maximum Gasteiger partial charge on any atom is 0.243 e. The van der Waals surface area contributed by atoms with Crippen LogP contribution >= 0.6 is 0 Å². The fourth-order valence-corrected chi connectivity index (χ4v) is 4.45. The second kappa shape index (κ2) is 7.55. The molecule has 1 saturated heterocycles. The molecule has 1 fully saturated rings. The van der Waals surface area contributed by atoms with E-state index in [9.17, 15) is 13.5 Å². The molecular formula is C16H26N2O3S. The lowest BCUT2D eigenvalue weighted by Crippen LogP contribution is -2.55. The number of sulfonamides is 1. The van der Waals surface area contributed by atoms with Crippen molar-refractivity contribution in [3.63, 3.8) is 0 Å². The number of benzene rings is 1. The number of rotatable bonds is 6. The first-order valence-corrected chi connectivity index (χ1v) is 9.29. The van der Waals surface area contributed by atoms with Gasteiger partial charge in [-0.3, -0.25) is 4.90 Å². The summed E-state index contributed by atoms with van der Waals surface area (Å²) in [6, 6.07) is 8.65. The molecule has 1 unspecified atom stereocenters. The van der Waals surface area contributed by atoms with Gasteiger partial charge in [0.05, 0.1) is 4.90 Å². The molecule has 6 heteroatoms. The third-order valence-corrected chi connectivity index (χ3v) is 5.89. The molecule has 0 amide bonds. The van der Waals surface area contributed by atoms with Crippen molar-refractivity contribution in [1.82, 2.24) is 9.21 Å². The fraction of sp³-hybridized carbons (Fsp3) is 0.625. The SMILES string of the molecule is CC(C)CN1CCN(S(=O)(=O)c2ccccc2)CC1CCO. The Balaban J connectivity index is 2.14. The third kappa shape index (κ3) is 4.07. The van der Waals surface area contributed by atoms with E-state index in [1.165, 1.54) is 0 Å². The largest absolute Gasteiger partial charge is 0.396 e. The zero-order chi connectivity index (χ0) is 16.2. The highest BCUT2D eigenvalue weighted by Gasteiger charge is 2.33. The van der Waals surface area contributed by atoms with Gasteiger partial charge in [0.1, 0.15) is 0 Å². The summed E-state index contributed by atoms with van der Waals surface area (Å²) in [7, 11) is -3.44. The highest BCUT2D eigenvalue weighted by molar-refractivity contribution is 7.89. The molecule has 1 aromatic carbocycles. The summed E-state index contributed by atoms with van der Waals surface area (Å²) in [5.74, 6) is 0.526. The van der Waals surface area contributed by atoms with Gasteiger partial charge in [-0.25, -0.2) is 8.42 Å². The highest BCUT2D eigenvalue weighted by atomic mass is 32.2. The Morgan fingerprint density at radius 3 is 2.50 bits per heavy atom. The van der Waals surface area contributed by atoms with E-state index in [1.807, 2.05) is 6.07 Å². The molecule has 0 aliphatic carbocycles. The van der Waals surface area contributed by atoms with E-state index in [0.29, 0.717) is 30.3 Å². The van der Waals surface area contributed by atoms with Crippen LogP contribution in [0.5, 0.6) is 0 Å². The van der Waals surface area contributed by atoms with Gasteiger partial charge < -0.3 is 5.11 Å². The number of hydrogen-bond acceptors (Lipinski definition) is 4. The van der Waals surface area contributed by atoms with Gasteiger partial charge in [-0.1, -0.05) is 32.0 Å². The van der Waals surface area contributed by atoms with Crippen molar-refractivity contribution in [3.05, 3.63) is 30.3 Å². The van der Waals surface area contributed by atoms with Gasteiger partial charge >= 0.3 is 0 Å². The molecule has 1 N–H and O–H groups in total. The normalized spacial score (nSPS) is 21.4. The van der Waals surface area contributed by atoms with E-state index in [4.69, 9.17) is 0 Å². The van der Waals surface area contributed by atoms with E-state index >= 15 is 0 Å². The van der Waals surface area contributed by atoms with Crippen LogP contribution in [0.3, 0.4) is 0 Å². The summed E-state index contributed by atoms with van der Waals surface area (Å²) in [6.45, 7) is 7.00. The highest BCUT2D eigenvalue weighted by Crippen LogP contribution is 2.21. The van der Waals surface area contributed by atoms with Gasteiger partial charge in [0, 0.05) is 38.8 Å². The first-order valence-electron chi connectivity index (χ1n) is 7.85. The average molecular weight is 326 g/mol. The van der Waals surface area contributed by atoms with Gasteiger partial charge in [-0.05, 0) is 24.5 Å². The number of hydrogen-bond donors (Lipinski definition) is 1. The Kier molecular flexibility index (Phi) is 5.97. The zero-order valence-electron chi connectivity index (χ0n) is 13.4. The van der Waals surface area contributed by atoms with Crippen LogP contribution in [-0.4, -0.2) is 61.6 Å². The number of nitrogens with zero attached hydrogens (tertiary/aromatic N) is 2. The first-order chi connectivity index (χ1) is 10.4. The van der Waals surface area contributed by atoms with Crippen molar-refractivity contribution in [2.24, 2.45) is 5.92 Å². The van der Waals surface area contributed by atoms with Crippen LogP contribution in [0.15, 0.2) is 35.2 Å². The summed E-state index contributed by atoms with van der Waals surface area (Å²) in [5, 5.41) is 9.28. The quantitative estimate of drug-likeness (QED) is 0.858. The standard InChI is InChI=1S/C16H26N2O3S/c1-14(2)12-17-9-10-18(13-15(17)8-11-19)22(20,21)16-6-4-3-5-7-16/h3-7,14-15,19H,8-13H2,1-2H3. The van der Waals surface area contributed by atoms with E-state index < -0.39 is 10.0 Å². The fourth-order valence-electron chi connectivity index (χ4n) is 2.96. The Bertz CT molecular complexity index is 560. The molecule has 1 aromatic rings. The summed E-state index contributed by atoms with van der Waals surface area (Å²) < 4.78 is 27.0. The van der Waals surface area contributed by atoms with Gasteiger partial charge in [0.25, 0.3) is 0 Å². The summed E-state index contributed by atoms with van der Waals surface area (Å²) in [6.07, 6.45) is 0.605. The van der Waals surface area contributed by atoms with Crippen LogP contribution in [0, 0.1) is 5.92 Å². The molecule has 0 saturated carbocycles. The van der Waals surface area contributed by atoms with Crippen molar-refractivity contribution < 1.29 is 13.5 Å². The topological polar surface area (TPSA) is 60.9 Å². The summed E-state index contributed by atoms with van der Waals surface area (Å²) >= 11 is 0. The average Bonchev–Trinajstić information content (AvgIpc) is 2.49. The predicted molar refractivity (Wildman–Crippen MR) is 87.1 cm³/mol. The number of aliphatic hydroxyl groups excluding tert-OH is 1. The van der Waals surface area contributed by atoms with Crippen LogP contribution in [0.1, 0.15) is 20.3 Å². The van der Waals surface area contributed by atoms with Crippen LogP contribution in [0.25, 0.3) is 0 Å². The smallest absolute Gasteiger partial charge is 0.243 e. The summed E-state index contributed by atoms with van der Waals surface area (Å²) in [5.41, 5.74) is 0. The molecule has 22 heavy (non-hydrogen) atoms. The Hall–Kier alpha value is -0.950. The minimum absolute atomic E-state index is 0.0818. The van der Waals surface area contributed by atoms with Gasteiger partial charge in [-0.15, -0.1) is 0 Å². The molecule has 124 valence electrons. The maximum absolute atomic E-state index is 12.7. The molecule has 0 bridgehead atoms. The second-order valence-electron chi connectivity index (χ2n) is 6.23. The van der Waals surface area contributed by atoms with E-state index in [2.05, 4.69) is 18.7 Å². The Labute approximate surface area is 133 Å². The van der Waals surface area contributed by atoms with Crippen molar-refractivity contribution >= 4 is 10.0 Å². The lowest BCUT2D eigenvalue weighted by molar-refractivity contribution is 0.0853. The van der Waals surface area contributed by atoms with Crippen molar-refractivity contribution in [2.45, 2.75) is 31.2 Å². The molecule has 1 aliphatic heterocycles. The van der Waals surface area contributed by atoms with Crippen molar-refractivity contribution in [3.8, 4) is 0 Å². The minimum atomic E-state index is -3.44. The molecule has 1 aliphatic rings. The monoisotopic (exact) mass is 326 g/mol. The molecule has 0 aromatic heterocycles. The molecule has 1 heterocycles. The van der Waals surface area contributed by atoms with Gasteiger partial charge in [-0.2, -0.15) is 4.31 Å². The van der Waals surface area contributed by atoms with Crippen LogP contribution < -0.4 is 0 Å². The molecule has 0 radical (unpaired) electrons. The first kappa shape index (κ1) is 17.4.